The zero-order valence-corrected chi connectivity index (χ0v) is 13.5. The van der Waals surface area contributed by atoms with E-state index in [0.29, 0.717) is 6.61 Å². The van der Waals surface area contributed by atoms with Gasteiger partial charge in [0.15, 0.2) is 0 Å². The van der Waals surface area contributed by atoms with Crippen LogP contribution in [-0.4, -0.2) is 18.2 Å². The average molecular weight is 308 g/mol. The van der Waals surface area contributed by atoms with E-state index in [9.17, 15) is 0 Å². The summed E-state index contributed by atoms with van der Waals surface area (Å²) < 4.78 is 6.45. The third kappa shape index (κ3) is 4.70. The molecule has 2 aliphatic rings. The summed E-state index contributed by atoms with van der Waals surface area (Å²) in [5, 5.41) is 4.48. The molecule has 116 valence electrons. The van der Waals surface area contributed by atoms with Gasteiger partial charge in [-0.25, -0.2) is 0 Å². The Morgan fingerprint density at radius 1 is 1.05 bits per heavy atom. The molecule has 3 rings (SSSR count). The molecule has 2 fully saturated rings. The Labute approximate surface area is 133 Å². The van der Waals surface area contributed by atoms with Gasteiger partial charge in [0.05, 0.1) is 12.2 Å². The molecule has 2 nitrogen and oxygen atoms in total. The summed E-state index contributed by atoms with van der Waals surface area (Å²) in [4.78, 5) is 0. The van der Waals surface area contributed by atoms with Crippen molar-refractivity contribution in [3.8, 4) is 0 Å². The molecular weight excluding hydrogens is 282 g/mol. The van der Waals surface area contributed by atoms with Crippen molar-refractivity contribution in [3.05, 3.63) is 34.9 Å². The molecule has 2 saturated carbocycles. The van der Waals surface area contributed by atoms with E-state index in [-0.39, 0.29) is 5.60 Å². The number of ether oxygens (including phenoxy) is 1. The van der Waals surface area contributed by atoms with Crippen LogP contribution < -0.4 is 5.32 Å². The lowest BCUT2D eigenvalue weighted by Crippen LogP contribution is -2.43. The molecule has 0 atom stereocenters. The van der Waals surface area contributed by atoms with Gasteiger partial charge >= 0.3 is 0 Å². The maximum atomic E-state index is 6.45. The predicted molar refractivity (Wildman–Crippen MR) is 87.7 cm³/mol. The highest BCUT2D eigenvalue weighted by Crippen LogP contribution is 2.32. The lowest BCUT2D eigenvalue weighted by atomic mass is 9.93. The Morgan fingerprint density at radius 2 is 1.71 bits per heavy atom. The zero-order chi connectivity index (χ0) is 14.5. The van der Waals surface area contributed by atoms with Crippen molar-refractivity contribution >= 4 is 11.6 Å². The van der Waals surface area contributed by atoms with Crippen LogP contribution in [0.15, 0.2) is 24.3 Å². The lowest BCUT2D eigenvalue weighted by molar-refractivity contribution is -0.0658. The number of halogens is 1. The van der Waals surface area contributed by atoms with Gasteiger partial charge in [-0.2, -0.15) is 0 Å². The van der Waals surface area contributed by atoms with E-state index in [2.05, 4.69) is 17.4 Å². The summed E-state index contributed by atoms with van der Waals surface area (Å²) in [6, 6.07) is 8.79. The maximum Gasteiger partial charge on any atom is 0.0810 e. The van der Waals surface area contributed by atoms with Crippen molar-refractivity contribution in [3.63, 3.8) is 0 Å². The van der Waals surface area contributed by atoms with Gasteiger partial charge in [-0.1, -0.05) is 49.4 Å². The topological polar surface area (TPSA) is 21.3 Å². The summed E-state index contributed by atoms with van der Waals surface area (Å²) in [6.45, 7) is 1.72. The maximum absolute atomic E-state index is 6.45. The van der Waals surface area contributed by atoms with Crippen molar-refractivity contribution in [1.82, 2.24) is 5.32 Å². The van der Waals surface area contributed by atoms with Crippen LogP contribution in [0.3, 0.4) is 0 Å². The summed E-state index contributed by atoms with van der Waals surface area (Å²) in [5.41, 5.74) is 1.26. The van der Waals surface area contributed by atoms with Crippen molar-refractivity contribution in [2.45, 2.75) is 69.6 Å². The van der Waals surface area contributed by atoms with E-state index in [1.165, 1.54) is 56.9 Å². The second kappa shape index (κ2) is 7.13. The molecular formula is C18H26ClNO. The third-order valence-electron chi connectivity index (χ3n) is 4.76. The SMILES string of the molecule is Clc1ccc(COC2(CNC3CC3)CCCCCC2)cc1. The van der Waals surface area contributed by atoms with Crippen LogP contribution in [0.4, 0.5) is 0 Å². The predicted octanol–water partition coefficient (Wildman–Crippen LogP) is 4.70. The van der Waals surface area contributed by atoms with Gasteiger partial charge in [0.2, 0.25) is 0 Å². The first-order valence-electron chi connectivity index (χ1n) is 8.38. The molecule has 0 amide bonds. The normalized spacial score (nSPS) is 22.0. The Morgan fingerprint density at radius 3 is 2.33 bits per heavy atom. The fourth-order valence-corrected chi connectivity index (χ4v) is 3.31. The van der Waals surface area contributed by atoms with Crippen molar-refractivity contribution in [2.24, 2.45) is 0 Å². The van der Waals surface area contributed by atoms with Crippen LogP contribution in [0.2, 0.25) is 5.02 Å². The van der Waals surface area contributed by atoms with E-state index < -0.39 is 0 Å². The van der Waals surface area contributed by atoms with E-state index in [1.54, 1.807) is 0 Å². The van der Waals surface area contributed by atoms with Gasteiger partial charge < -0.3 is 10.1 Å². The molecule has 0 saturated heterocycles. The Bertz CT molecular complexity index is 433. The van der Waals surface area contributed by atoms with Gasteiger partial charge in [0.1, 0.15) is 0 Å². The van der Waals surface area contributed by atoms with Crippen LogP contribution in [0, 0.1) is 0 Å². The van der Waals surface area contributed by atoms with E-state index in [4.69, 9.17) is 16.3 Å². The van der Waals surface area contributed by atoms with Gasteiger partial charge in [0.25, 0.3) is 0 Å². The van der Waals surface area contributed by atoms with E-state index in [1.807, 2.05) is 12.1 Å². The molecule has 1 N–H and O–H groups in total. The average Bonchev–Trinajstić information content (AvgIpc) is 3.33. The minimum Gasteiger partial charge on any atom is -0.369 e. The number of benzene rings is 1. The molecule has 0 aliphatic heterocycles. The Hall–Kier alpha value is -0.570. The van der Waals surface area contributed by atoms with Gasteiger partial charge in [0, 0.05) is 17.6 Å². The van der Waals surface area contributed by atoms with Crippen LogP contribution in [-0.2, 0) is 11.3 Å². The molecule has 0 bridgehead atoms. The molecule has 3 heteroatoms. The Balaban J connectivity index is 1.60. The molecule has 0 aromatic heterocycles. The highest BCUT2D eigenvalue weighted by atomic mass is 35.5. The third-order valence-corrected chi connectivity index (χ3v) is 5.02. The fraction of sp³-hybridized carbons (Fsp3) is 0.667. The van der Waals surface area contributed by atoms with Crippen LogP contribution in [0.25, 0.3) is 0 Å². The van der Waals surface area contributed by atoms with Crippen molar-refractivity contribution in [1.29, 1.82) is 0 Å². The molecule has 1 aromatic rings. The van der Waals surface area contributed by atoms with Crippen LogP contribution in [0.1, 0.15) is 56.9 Å². The van der Waals surface area contributed by atoms with Crippen molar-refractivity contribution < 1.29 is 4.74 Å². The fourth-order valence-electron chi connectivity index (χ4n) is 3.18. The first-order chi connectivity index (χ1) is 10.3. The zero-order valence-electron chi connectivity index (χ0n) is 12.7. The van der Waals surface area contributed by atoms with Gasteiger partial charge in [-0.15, -0.1) is 0 Å². The number of rotatable bonds is 6. The molecule has 0 unspecified atom stereocenters. The van der Waals surface area contributed by atoms with Gasteiger partial charge in [-0.05, 0) is 43.4 Å². The monoisotopic (exact) mass is 307 g/mol. The second-order valence-electron chi connectivity index (χ2n) is 6.67. The minimum absolute atomic E-state index is 0.0404. The molecule has 1 aromatic carbocycles. The summed E-state index contributed by atoms with van der Waals surface area (Å²) in [6.07, 6.45) is 10.4. The second-order valence-corrected chi connectivity index (χ2v) is 7.10. The molecule has 2 aliphatic carbocycles. The first kappa shape index (κ1) is 15.3. The largest absolute Gasteiger partial charge is 0.369 e. The highest BCUT2D eigenvalue weighted by Gasteiger charge is 2.34. The number of hydrogen-bond donors (Lipinski definition) is 1. The van der Waals surface area contributed by atoms with Crippen molar-refractivity contribution in [2.75, 3.05) is 6.54 Å². The summed E-state index contributed by atoms with van der Waals surface area (Å²) in [7, 11) is 0. The lowest BCUT2D eigenvalue weighted by Gasteiger charge is -2.33. The quantitative estimate of drug-likeness (QED) is 0.769. The Kier molecular flexibility index (Phi) is 5.20. The highest BCUT2D eigenvalue weighted by molar-refractivity contribution is 6.30. The number of nitrogens with one attached hydrogen (secondary N) is 1. The van der Waals surface area contributed by atoms with E-state index >= 15 is 0 Å². The van der Waals surface area contributed by atoms with Crippen LogP contribution in [0.5, 0.6) is 0 Å². The molecule has 21 heavy (non-hydrogen) atoms. The minimum atomic E-state index is 0.0404. The molecule has 0 spiro atoms. The van der Waals surface area contributed by atoms with Gasteiger partial charge in [-0.3, -0.25) is 0 Å². The van der Waals surface area contributed by atoms with E-state index in [0.717, 1.165) is 17.6 Å². The summed E-state index contributed by atoms with van der Waals surface area (Å²) in [5.74, 6) is 0. The summed E-state index contributed by atoms with van der Waals surface area (Å²) >= 11 is 5.95. The number of hydrogen-bond acceptors (Lipinski definition) is 2. The smallest absolute Gasteiger partial charge is 0.0810 e. The molecule has 0 heterocycles. The van der Waals surface area contributed by atoms with Crippen LogP contribution >= 0.6 is 11.6 Å². The first-order valence-corrected chi connectivity index (χ1v) is 8.75. The molecule has 0 radical (unpaired) electrons. The standard InChI is InChI=1S/C18H26ClNO/c19-16-7-5-15(6-8-16)13-21-18(14-20-17-9-10-17)11-3-1-2-4-12-18/h5-8,17,20H,1-4,9-14H2.